The molecule has 0 bridgehead atoms. The summed E-state index contributed by atoms with van der Waals surface area (Å²) >= 11 is 0. The summed E-state index contributed by atoms with van der Waals surface area (Å²) in [6, 6.07) is 8.01. The summed E-state index contributed by atoms with van der Waals surface area (Å²) in [6.07, 6.45) is 5.40. The molecule has 1 amide bonds. The SMILES string of the molecule is CC(c1ccccc1F)N(C(=O)C(C)n1cccn1)C1CC1. The van der Waals surface area contributed by atoms with Crippen LogP contribution in [0.4, 0.5) is 4.39 Å². The number of benzene rings is 1. The minimum Gasteiger partial charge on any atom is -0.331 e. The predicted molar refractivity (Wildman–Crippen MR) is 81.6 cm³/mol. The van der Waals surface area contributed by atoms with Crippen molar-refractivity contribution >= 4 is 5.91 Å². The Morgan fingerprint density at radius 3 is 2.64 bits per heavy atom. The third-order valence-corrected chi connectivity index (χ3v) is 4.25. The van der Waals surface area contributed by atoms with E-state index in [4.69, 9.17) is 0 Å². The summed E-state index contributed by atoms with van der Waals surface area (Å²) in [5.41, 5.74) is 0.565. The van der Waals surface area contributed by atoms with Gasteiger partial charge in [0.15, 0.2) is 0 Å². The van der Waals surface area contributed by atoms with Crippen molar-refractivity contribution in [1.82, 2.24) is 14.7 Å². The van der Waals surface area contributed by atoms with E-state index in [-0.39, 0.29) is 29.8 Å². The first-order valence-corrected chi connectivity index (χ1v) is 7.65. The second kappa shape index (κ2) is 5.91. The normalized spacial score (nSPS) is 17.0. The molecule has 1 aliphatic carbocycles. The zero-order chi connectivity index (χ0) is 15.7. The first kappa shape index (κ1) is 14.8. The Bertz CT molecular complexity index is 652. The summed E-state index contributed by atoms with van der Waals surface area (Å²) in [4.78, 5) is 14.7. The van der Waals surface area contributed by atoms with Crippen LogP contribution in [0.2, 0.25) is 0 Å². The molecule has 1 aromatic heterocycles. The number of hydrogen-bond donors (Lipinski definition) is 0. The number of aromatic nitrogens is 2. The maximum atomic E-state index is 14.1. The largest absolute Gasteiger partial charge is 0.331 e. The molecule has 0 aliphatic heterocycles. The van der Waals surface area contributed by atoms with Crippen LogP contribution in [0.25, 0.3) is 0 Å². The molecular weight excluding hydrogens is 281 g/mol. The molecule has 2 aromatic rings. The van der Waals surface area contributed by atoms with E-state index in [0.717, 1.165) is 12.8 Å². The van der Waals surface area contributed by atoms with Crippen LogP contribution in [-0.4, -0.2) is 26.6 Å². The highest BCUT2D eigenvalue weighted by Crippen LogP contribution is 2.36. The Labute approximate surface area is 129 Å². The van der Waals surface area contributed by atoms with Gasteiger partial charge in [-0.2, -0.15) is 5.10 Å². The molecule has 2 unspecified atom stereocenters. The molecule has 0 spiro atoms. The molecule has 116 valence electrons. The van der Waals surface area contributed by atoms with E-state index < -0.39 is 0 Å². The van der Waals surface area contributed by atoms with Crippen LogP contribution in [0, 0.1) is 5.82 Å². The maximum absolute atomic E-state index is 14.1. The van der Waals surface area contributed by atoms with E-state index in [1.54, 1.807) is 41.3 Å². The lowest BCUT2D eigenvalue weighted by Crippen LogP contribution is -2.40. The van der Waals surface area contributed by atoms with E-state index in [0.29, 0.717) is 5.56 Å². The summed E-state index contributed by atoms with van der Waals surface area (Å²) in [5, 5.41) is 4.14. The Morgan fingerprint density at radius 1 is 1.32 bits per heavy atom. The number of rotatable bonds is 5. The molecule has 5 heteroatoms. The van der Waals surface area contributed by atoms with Crippen LogP contribution in [-0.2, 0) is 4.79 Å². The minimum atomic E-state index is -0.384. The topological polar surface area (TPSA) is 38.1 Å². The van der Waals surface area contributed by atoms with E-state index in [1.807, 2.05) is 18.7 Å². The third-order valence-electron chi connectivity index (χ3n) is 4.25. The molecule has 1 aromatic carbocycles. The van der Waals surface area contributed by atoms with Crippen molar-refractivity contribution in [2.24, 2.45) is 0 Å². The molecule has 3 rings (SSSR count). The van der Waals surface area contributed by atoms with Gasteiger partial charge >= 0.3 is 0 Å². The van der Waals surface area contributed by atoms with Crippen molar-refractivity contribution in [2.45, 2.75) is 44.8 Å². The summed E-state index contributed by atoms with van der Waals surface area (Å²) in [6.45, 7) is 3.73. The Hall–Kier alpha value is -2.17. The number of amides is 1. The fourth-order valence-electron chi connectivity index (χ4n) is 2.84. The lowest BCUT2D eigenvalue weighted by Gasteiger charge is -2.32. The molecule has 1 heterocycles. The van der Waals surface area contributed by atoms with Crippen molar-refractivity contribution in [3.63, 3.8) is 0 Å². The fourth-order valence-corrected chi connectivity index (χ4v) is 2.84. The number of carbonyl (C=O) groups is 1. The Kier molecular flexibility index (Phi) is 3.96. The minimum absolute atomic E-state index is 0.0121. The van der Waals surface area contributed by atoms with Gasteiger partial charge in [-0.05, 0) is 38.8 Å². The number of nitrogens with zero attached hydrogens (tertiary/aromatic N) is 3. The number of halogens is 1. The summed E-state index contributed by atoms with van der Waals surface area (Å²) < 4.78 is 15.7. The van der Waals surface area contributed by atoms with Gasteiger partial charge in [0.1, 0.15) is 11.9 Å². The van der Waals surface area contributed by atoms with Crippen LogP contribution in [0.15, 0.2) is 42.7 Å². The lowest BCUT2D eigenvalue weighted by molar-refractivity contribution is -0.137. The van der Waals surface area contributed by atoms with Gasteiger partial charge in [-0.3, -0.25) is 9.48 Å². The van der Waals surface area contributed by atoms with Crippen LogP contribution in [0.5, 0.6) is 0 Å². The standard InChI is InChI=1S/C17H20FN3O/c1-12(15-6-3-4-7-16(15)18)21(14-8-9-14)17(22)13(2)20-11-5-10-19-20/h3-7,10-14H,8-9H2,1-2H3. The third kappa shape index (κ3) is 2.75. The molecule has 0 radical (unpaired) electrons. The fraction of sp³-hybridized carbons (Fsp3) is 0.412. The van der Waals surface area contributed by atoms with Gasteiger partial charge < -0.3 is 4.90 Å². The average Bonchev–Trinajstić information content (AvgIpc) is 3.19. The Morgan fingerprint density at radius 2 is 2.05 bits per heavy atom. The van der Waals surface area contributed by atoms with Crippen LogP contribution >= 0.6 is 0 Å². The van der Waals surface area contributed by atoms with Gasteiger partial charge in [-0.15, -0.1) is 0 Å². The van der Waals surface area contributed by atoms with E-state index in [1.165, 1.54) is 6.07 Å². The molecule has 1 fully saturated rings. The van der Waals surface area contributed by atoms with Gasteiger partial charge in [0.2, 0.25) is 5.91 Å². The molecule has 1 saturated carbocycles. The van der Waals surface area contributed by atoms with Crippen molar-refractivity contribution in [1.29, 1.82) is 0 Å². The Balaban J connectivity index is 1.87. The summed E-state index contributed by atoms with van der Waals surface area (Å²) in [7, 11) is 0. The highest BCUT2D eigenvalue weighted by molar-refractivity contribution is 5.81. The molecule has 0 saturated heterocycles. The smallest absolute Gasteiger partial charge is 0.247 e. The second-order valence-electron chi connectivity index (χ2n) is 5.84. The van der Waals surface area contributed by atoms with Crippen molar-refractivity contribution in [3.8, 4) is 0 Å². The van der Waals surface area contributed by atoms with E-state index in [2.05, 4.69) is 5.10 Å². The molecule has 0 N–H and O–H groups in total. The molecule has 2 atom stereocenters. The maximum Gasteiger partial charge on any atom is 0.247 e. The van der Waals surface area contributed by atoms with Gasteiger partial charge in [0, 0.05) is 24.0 Å². The van der Waals surface area contributed by atoms with Crippen LogP contribution in [0.3, 0.4) is 0 Å². The van der Waals surface area contributed by atoms with Gasteiger partial charge in [0.25, 0.3) is 0 Å². The van der Waals surface area contributed by atoms with Crippen molar-refractivity contribution in [2.75, 3.05) is 0 Å². The second-order valence-corrected chi connectivity index (χ2v) is 5.84. The monoisotopic (exact) mass is 301 g/mol. The molecule has 1 aliphatic rings. The van der Waals surface area contributed by atoms with E-state index in [9.17, 15) is 9.18 Å². The van der Waals surface area contributed by atoms with Crippen molar-refractivity contribution in [3.05, 3.63) is 54.1 Å². The predicted octanol–water partition coefficient (Wildman–Crippen LogP) is 3.34. The number of hydrogen-bond acceptors (Lipinski definition) is 2. The number of carbonyl (C=O) groups excluding carboxylic acids is 1. The highest BCUT2D eigenvalue weighted by Gasteiger charge is 2.39. The van der Waals surface area contributed by atoms with Crippen LogP contribution < -0.4 is 0 Å². The lowest BCUT2D eigenvalue weighted by atomic mass is 10.0. The first-order valence-electron chi connectivity index (χ1n) is 7.65. The van der Waals surface area contributed by atoms with Crippen molar-refractivity contribution < 1.29 is 9.18 Å². The van der Waals surface area contributed by atoms with Gasteiger partial charge in [-0.25, -0.2) is 4.39 Å². The van der Waals surface area contributed by atoms with Gasteiger partial charge in [-0.1, -0.05) is 18.2 Å². The average molecular weight is 301 g/mol. The van der Waals surface area contributed by atoms with E-state index >= 15 is 0 Å². The van der Waals surface area contributed by atoms with Crippen LogP contribution in [0.1, 0.15) is 44.3 Å². The zero-order valence-electron chi connectivity index (χ0n) is 12.8. The molecule has 22 heavy (non-hydrogen) atoms. The van der Waals surface area contributed by atoms with Gasteiger partial charge in [0.05, 0.1) is 6.04 Å². The first-order chi connectivity index (χ1) is 10.6. The quantitative estimate of drug-likeness (QED) is 0.849. The zero-order valence-corrected chi connectivity index (χ0v) is 12.8. The highest BCUT2D eigenvalue weighted by atomic mass is 19.1. The molecular formula is C17H20FN3O. The summed E-state index contributed by atoms with van der Waals surface area (Å²) in [5.74, 6) is -0.276. The molecule has 4 nitrogen and oxygen atoms in total.